The van der Waals surface area contributed by atoms with E-state index in [1.54, 1.807) is 19.1 Å². The van der Waals surface area contributed by atoms with Crippen LogP contribution in [0, 0.1) is 18.6 Å². The van der Waals surface area contributed by atoms with E-state index < -0.39 is 11.6 Å². The van der Waals surface area contributed by atoms with Crippen molar-refractivity contribution in [3.63, 3.8) is 0 Å². The molecule has 1 aromatic carbocycles. The van der Waals surface area contributed by atoms with Gasteiger partial charge in [-0.15, -0.1) is 0 Å². The zero-order valence-electron chi connectivity index (χ0n) is 10.1. The minimum Gasteiger partial charge on any atom is -0.203 e. The van der Waals surface area contributed by atoms with E-state index >= 15 is 0 Å². The van der Waals surface area contributed by atoms with Crippen LogP contribution in [0.15, 0.2) is 12.1 Å². The highest BCUT2D eigenvalue weighted by molar-refractivity contribution is 9.09. The van der Waals surface area contributed by atoms with Crippen molar-refractivity contribution in [2.75, 3.05) is 0 Å². The Balaban J connectivity index is 3.18. The van der Waals surface area contributed by atoms with Gasteiger partial charge in [0.1, 0.15) is 0 Å². The van der Waals surface area contributed by atoms with Crippen molar-refractivity contribution in [3.05, 3.63) is 34.9 Å². The normalized spacial score (nSPS) is 13.9. The molecule has 0 saturated carbocycles. The van der Waals surface area contributed by atoms with Crippen molar-refractivity contribution in [2.45, 2.75) is 44.4 Å². The summed E-state index contributed by atoms with van der Waals surface area (Å²) in [4.78, 5) is 0.270. The van der Waals surface area contributed by atoms with Gasteiger partial charge in [0.25, 0.3) is 0 Å². The Hall–Kier alpha value is -0.440. The molecule has 0 aliphatic rings. The van der Waals surface area contributed by atoms with Gasteiger partial charge in [0.2, 0.25) is 0 Å². The van der Waals surface area contributed by atoms with Crippen LogP contribution in [0.5, 0.6) is 0 Å². The van der Waals surface area contributed by atoms with Gasteiger partial charge in [-0.1, -0.05) is 48.8 Å². The van der Waals surface area contributed by atoms with Crippen molar-refractivity contribution in [2.24, 2.45) is 0 Å². The molecule has 1 aromatic rings. The third kappa shape index (κ3) is 2.82. The summed E-state index contributed by atoms with van der Waals surface area (Å²) < 4.78 is 27.3. The van der Waals surface area contributed by atoms with Crippen molar-refractivity contribution in [3.8, 4) is 0 Å². The minimum atomic E-state index is -0.729. The maximum atomic E-state index is 13.8. The molecule has 0 fully saturated rings. The molecule has 0 spiro atoms. The number of hydrogen-bond acceptors (Lipinski definition) is 0. The Bertz CT molecular complexity index is 384. The van der Waals surface area contributed by atoms with Gasteiger partial charge in [0, 0.05) is 4.83 Å². The number of hydrogen-bond donors (Lipinski definition) is 0. The molecular weight excluding hydrogens is 274 g/mol. The lowest BCUT2D eigenvalue weighted by molar-refractivity contribution is 0.425. The van der Waals surface area contributed by atoms with Crippen LogP contribution in [0.1, 0.15) is 38.3 Å². The fraction of sp³-hybridized carbons (Fsp3) is 0.538. The van der Waals surface area contributed by atoms with E-state index in [2.05, 4.69) is 15.9 Å². The summed E-state index contributed by atoms with van der Waals surface area (Å²) in [5, 5.41) is 0. The molecule has 1 atom stereocenters. The largest absolute Gasteiger partial charge is 0.203 e. The highest BCUT2D eigenvalue weighted by Gasteiger charge is 2.27. The van der Waals surface area contributed by atoms with E-state index in [-0.39, 0.29) is 10.2 Å². The van der Waals surface area contributed by atoms with Crippen molar-refractivity contribution >= 4 is 15.9 Å². The summed E-state index contributed by atoms with van der Waals surface area (Å²) in [6.45, 7) is 7.43. The van der Waals surface area contributed by atoms with Crippen LogP contribution in [0.25, 0.3) is 0 Å². The lowest BCUT2D eigenvalue weighted by Gasteiger charge is -2.27. The van der Waals surface area contributed by atoms with E-state index in [0.29, 0.717) is 11.1 Å². The lowest BCUT2D eigenvalue weighted by atomic mass is 9.80. The molecule has 0 aliphatic carbocycles. The van der Waals surface area contributed by atoms with Gasteiger partial charge in [0.05, 0.1) is 0 Å². The molecule has 0 bridgehead atoms. The average Bonchev–Trinajstić information content (AvgIpc) is 2.11. The van der Waals surface area contributed by atoms with Crippen LogP contribution in [-0.4, -0.2) is 4.83 Å². The van der Waals surface area contributed by atoms with Gasteiger partial charge < -0.3 is 0 Å². The summed E-state index contributed by atoms with van der Waals surface area (Å²) in [6.07, 6.45) is 0.756. The van der Waals surface area contributed by atoms with E-state index in [1.807, 2.05) is 20.8 Å². The third-order valence-corrected chi connectivity index (χ3v) is 3.12. The van der Waals surface area contributed by atoms with Gasteiger partial charge in [-0.2, -0.15) is 0 Å². The summed E-state index contributed by atoms with van der Waals surface area (Å²) in [6, 6.07) is 3.32. The van der Waals surface area contributed by atoms with E-state index in [0.717, 1.165) is 6.42 Å². The monoisotopic (exact) mass is 290 g/mol. The van der Waals surface area contributed by atoms with Gasteiger partial charge in [0.15, 0.2) is 11.6 Å². The Labute approximate surface area is 104 Å². The Kier molecular flexibility index (Phi) is 4.11. The fourth-order valence-corrected chi connectivity index (χ4v) is 2.79. The number of rotatable bonds is 3. The zero-order chi connectivity index (χ0) is 12.5. The quantitative estimate of drug-likeness (QED) is 0.707. The molecule has 0 aromatic heterocycles. The maximum Gasteiger partial charge on any atom is 0.162 e. The molecule has 3 heteroatoms. The van der Waals surface area contributed by atoms with E-state index in [4.69, 9.17) is 0 Å². The Morgan fingerprint density at radius 1 is 1.25 bits per heavy atom. The first-order valence-corrected chi connectivity index (χ1v) is 6.26. The molecule has 1 unspecified atom stereocenters. The lowest BCUT2D eigenvalue weighted by Crippen LogP contribution is -2.23. The van der Waals surface area contributed by atoms with Crippen LogP contribution in [0.3, 0.4) is 0 Å². The Morgan fingerprint density at radius 2 is 1.81 bits per heavy atom. The molecule has 90 valence electrons. The standard InChI is InChI=1S/C13H17BrF2/c1-8-5-6-10(12(16)11(8)15)13(3,4)7-9(2)14/h5-6,9H,7H2,1-4H3. The Morgan fingerprint density at radius 3 is 2.31 bits per heavy atom. The van der Waals surface area contributed by atoms with E-state index in [1.165, 1.54) is 0 Å². The second-order valence-corrected chi connectivity index (χ2v) is 6.49. The fourth-order valence-electron chi connectivity index (χ4n) is 1.98. The summed E-state index contributed by atoms with van der Waals surface area (Å²) in [5.74, 6) is -1.44. The summed E-state index contributed by atoms with van der Waals surface area (Å²) >= 11 is 3.45. The molecule has 0 N–H and O–H groups in total. The molecular formula is C13H17BrF2. The predicted octanol–water partition coefficient (Wildman–Crippen LogP) is 4.72. The van der Waals surface area contributed by atoms with Crippen LogP contribution in [0.4, 0.5) is 8.78 Å². The molecule has 0 aliphatic heterocycles. The number of benzene rings is 1. The van der Waals surface area contributed by atoms with Gasteiger partial charge in [-0.3, -0.25) is 0 Å². The molecule has 0 heterocycles. The van der Waals surface area contributed by atoms with Gasteiger partial charge in [-0.05, 0) is 29.9 Å². The average molecular weight is 291 g/mol. The van der Waals surface area contributed by atoms with E-state index in [9.17, 15) is 8.78 Å². The summed E-state index contributed by atoms with van der Waals surface area (Å²) in [5.41, 5.74) is 0.424. The molecule has 0 saturated heterocycles. The highest BCUT2D eigenvalue weighted by Crippen LogP contribution is 2.33. The van der Waals surface area contributed by atoms with Crippen LogP contribution in [0.2, 0.25) is 0 Å². The van der Waals surface area contributed by atoms with Crippen molar-refractivity contribution in [1.29, 1.82) is 0 Å². The molecule has 1 rings (SSSR count). The molecule has 16 heavy (non-hydrogen) atoms. The van der Waals surface area contributed by atoms with Crippen LogP contribution < -0.4 is 0 Å². The third-order valence-electron chi connectivity index (χ3n) is 2.80. The predicted molar refractivity (Wildman–Crippen MR) is 67.1 cm³/mol. The SMILES string of the molecule is Cc1ccc(C(C)(C)CC(C)Br)c(F)c1F. The minimum absolute atomic E-state index is 0.270. The molecule has 0 radical (unpaired) electrons. The summed E-state index contributed by atoms with van der Waals surface area (Å²) in [7, 11) is 0. The molecule has 0 amide bonds. The van der Waals surface area contributed by atoms with Gasteiger partial charge >= 0.3 is 0 Å². The van der Waals surface area contributed by atoms with Crippen molar-refractivity contribution in [1.82, 2.24) is 0 Å². The van der Waals surface area contributed by atoms with Crippen LogP contribution >= 0.6 is 15.9 Å². The second-order valence-electron chi connectivity index (χ2n) is 4.93. The second kappa shape index (κ2) is 4.82. The van der Waals surface area contributed by atoms with Gasteiger partial charge in [-0.25, -0.2) is 8.78 Å². The van der Waals surface area contributed by atoms with Crippen molar-refractivity contribution < 1.29 is 8.78 Å². The highest BCUT2D eigenvalue weighted by atomic mass is 79.9. The first kappa shape index (κ1) is 13.6. The maximum absolute atomic E-state index is 13.8. The molecule has 0 nitrogen and oxygen atoms in total. The number of alkyl halides is 1. The smallest absolute Gasteiger partial charge is 0.162 e. The first-order valence-electron chi connectivity index (χ1n) is 5.35. The van der Waals surface area contributed by atoms with Crippen LogP contribution in [-0.2, 0) is 5.41 Å². The zero-order valence-corrected chi connectivity index (χ0v) is 11.7. The first-order chi connectivity index (χ1) is 7.25. The number of aryl methyl sites for hydroxylation is 1. The topological polar surface area (TPSA) is 0 Å². The number of halogens is 3.